The number of ether oxygens (including phenoxy) is 2. The SMILES string of the molecule is C=CCN1C(=O)/C(=C/c2cc(OC)ccc2OC)SC1=Nc1cccc(O)c1. The van der Waals surface area contributed by atoms with Crippen LogP contribution < -0.4 is 9.47 Å². The summed E-state index contributed by atoms with van der Waals surface area (Å²) in [6.07, 6.45) is 3.40. The lowest BCUT2D eigenvalue weighted by Gasteiger charge is -2.12. The van der Waals surface area contributed by atoms with Crippen LogP contribution in [0.25, 0.3) is 6.08 Å². The van der Waals surface area contributed by atoms with Gasteiger partial charge in [-0.3, -0.25) is 9.69 Å². The molecule has 0 saturated carbocycles. The lowest BCUT2D eigenvalue weighted by atomic mass is 10.1. The number of amidine groups is 1. The summed E-state index contributed by atoms with van der Waals surface area (Å²) < 4.78 is 10.7. The van der Waals surface area contributed by atoms with Gasteiger partial charge in [0.15, 0.2) is 5.17 Å². The van der Waals surface area contributed by atoms with Crippen molar-refractivity contribution in [2.24, 2.45) is 4.99 Å². The number of thioether (sulfide) groups is 1. The van der Waals surface area contributed by atoms with Gasteiger partial charge in [0.05, 0.1) is 24.8 Å². The summed E-state index contributed by atoms with van der Waals surface area (Å²) in [6.45, 7) is 4.05. The third-order valence-electron chi connectivity index (χ3n) is 3.98. The first-order chi connectivity index (χ1) is 13.5. The molecule has 2 aromatic carbocycles. The van der Waals surface area contributed by atoms with Gasteiger partial charge in [-0.15, -0.1) is 6.58 Å². The summed E-state index contributed by atoms with van der Waals surface area (Å²) in [5.41, 5.74) is 1.29. The lowest BCUT2D eigenvalue weighted by Crippen LogP contribution is -2.29. The molecule has 0 bridgehead atoms. The zero-order valence-electron chi connectivity index (χ0n) is 15.6. The van der Waals surface area contributed by atoms with E-state index in [4.69, 9.17) is 9.47 Å². The summed E-state index contributed by atoms with van der Waals surface area (Å²) in [7, 11) is 3.16. The van der Waals surface area contributed by atoms with Crippen molar-refractivity contribution in [3.63, 3.8) is 0 Å². The minimum atomic E-state index is -0.173. The van der Waals surface area contributed by atoms with Crippen molar-refractivity contribution in [3.05, 3.63) is 65.6 Å². The van der Waals surface area contributed by atoms with Crippen LogP contribution in [0.2, 0.25) is 0 Å². The monoisotopic (exact) mass is 396 g/mol. The number of aliphatic imine (C=N–C) groups is 1. The van der Waals surface area contributed by atoms with Gasteiger partial charge in [-0.25, -0.2) is 4.99 Å². The van der Waals surface area contributed by atoms with Crippen LogP contribution in [0.5, 0.6) is 17.2 Å². The number of phenolic OH excluding ortho intramolecular Hbond substituents is 1. The van der Waals surface area contributed by atoms with Crippen molar-refractivity contribution >= 4 is 34.6 Å². The summed E-state index contributed by atoms with van der Waals surface area (Å²) in [6, 6.07) is 12.0. The summed E-state index contributed by atoms with van der Waals surface area (Å²) >= 11 is 1.26. The fraction of sp³-hybridized carbons (Fsp3) is 0.143. The summed E-state index contributed by atoms with van der Waals surface area (Å²) in [5, 5.41) is 10.2. The van der Waals surface area contributed by atoms with Crippen LogP contribution in [0.1, 0.15) is 5.56 Å². The first-order valence-corrected chi connectivity index (χ1v) is 9.29. The second-order valence-corrected chi connectivity index (χ2v) is 6.85. The Hall–Kier alpha value is -3.19. The van der Waals surface area contributed by atoms with E-state index in [1.165, 1.54) is 17.8 Å². The molecular formula is C21H20N2O4S. The molecule has 144 valence electrons. The molecule has 7 heteroatoms. The van der Waals surface area contributed by atoms with Gasteiger partial charge < -0.3 is 14.6 Å². The molecule has 1 N–H and O–H groups in total. The predicted octanol–water partition coefficient (Wildman–Crippen LogP) is 4.20. The van der Waals surface area contributed by atoms with Crippen LogP contribution >= 0.6 is 11.8 Å². The van der Waals surface area contributed by atoms with Crippen LogP contribution in [0, 0.1) is 0 Å². The first-order valence-electron chi connectivity index (χ1n) is 8.47. The molecule has 1 aliphatic rings. The van der Waals surface area contributed by atoms with E-state index in [9.17, 15) is 9.90 Å². The van der Waals surface area contributed by atoms with Gasteiger partial charge in [0.2, 0.25) is 0 Å². The molecular weight excluding hydrogens is 376 g/mol. The zero-order valence-corrected chi connectivity index (χ0v) is 16.4. The molecule has 2 aromatic rings. The molecule has 0 aliphatic carbocycles. The molecule has 1 fully saturated rings. The number of rotatable bonds is 6. The van der Waals surface area contributed by atoms with E-state index in [1.807, 2.05) is 6.07 Å². The number of hydrogen-bond donors (Lipinski definition) is 1. The molecule has 1 amide bonds. The Bertz CT molecular complexity index is 969. The molecule has 0 radical (unpaired) electrons. The maximum Gasteiger partial charge on any atom is 0.267 e. The second-order valence-electron chi connectivity index (χ2n) is 5.84. The third-order valence-corrected chi connectivity index (χ3v) is 4.98. The van der Waals surface area contributed by atoms with Gasteiger partial charge in [-0.05, 0) is 48.2 Å². The number of phenols is 1. The Morgan fingerprint density at radius 2 is 2.04 bits per heavy atom. The Balaban J connectivity index is 2.01. The Labute approximate surface area is 167 Å². The molecule has 0 aromatic heterocycles. The van der Waals surface area contributed by atoms with Gasteiger partial charge in [-0.1, -0.05) is 12.1 Å². The Morgan fingerprint density at radius 3 is 2.71 bits per heavy atom. The number of nitrogens with zero attached hydrogens (tertiary/aromatic N) is 2. The van der Waals surface area contributed by atoms with Crippen LogP contribution in [0.4, 0.5) is 5.69 Å². The highest BCUT2D eigenvalue weighted by molar-refractivity contribution is 8.18. The molecule has 1 saturated heterocycles. The van der Waals surface area contributed by atoms with E-state index in [1.54, 1.807) is 61.6 Å². The normalized spacial score (nSPS) is 16.6. The molecule has 1 heterocycles. The average molecular weight is 396 g/mol. The smallest absolute Gasteiger partial charge is 0.267 e. The number of carbonyl (C=O) groups excluding carboxylic acids is 1. The third kappa shape index (κ3) is 4.20. The summed E-state index contributed by atoms with van der Waals surface area (Å²) in [4.78, 5) is 19.5. The highest BCUT2D eigenvalue weighted by Gasteiger charge is 2.32. The minimum absolute atomic E-state index is 0.114. The molecule has 0 atom stereocenters. The van der Waals surface area contributed by atoms with E-state index >= 15 is 0 Å². The van der Waals surface area contributed by atoms with Crippen molar-refractivity contribution in [3.8, 4) is 17.2 Å². The molecule has 0 unspecified atom stereocenters. The van der Waals surface area contributed by atoms with Gasteiger partial charge in [0.25, 0.3) is 5.91 Å². The van der Waals surface area contributed by atoms with Crippen molar-refractivity contribution in [1.82, 2.24) is 4.90 Å². The maximum atomic E-state index is 12.9. The zero-order chi connectivity index (χ0) is 20.1. The highest BCUT2D eigenvalue weighted by Crippen LogP contribution is 2.36. The van der Waals surface area contributed by atoms with Crippen molar-refractivity contribution in [2.75, 3.05) is 20.8 Å². The van der Waals surface area contributed by atoms with Crippen LogP contribution in [-0.2, 0) is 4.79 Å². The quantitative estimate of drug-likeness (QED) is 0.585. The number of amides is 1. The fourth-order valence-corrected chi connectivity index (χ4v) is 3.65. The van der Waals surface area contributed by atoms with Crippen molar-refractivity contribution in [1.29, 1.82) is 0 Å². The van der Waals surface area contributed by atoms with Gasteiger partial charge in [-0.2, -0.15) is 0 Å². The molecule has 3 rings (SSSR count). The summed E-state index contributed by atoms with van der Waals surface area (Å²) in [5.74, 6) is 1.24. The van der Waals surface area contributed by atoms with E-state index in [2.05, 4.69) is 11.6 Å². The Morgan fingerprint density at radius 1 is 1.21 bits per heavy atom. The van der Waals surface area contributed by atoms with E-state index in [0.717, 1.165) is 5.56 Å². The highest BCUT2D eigenvalue weighted by atomic mass is 32.2. The van der Waals surface area contributed by atoms with Crippen LogP contribution in [0.3, 0.4) is 0 Å². The number of methoxy groups -OCH3 is 2. The number of aromatic hydroxyl groups is 1. The second kappa shape index (κ2) is 8.67. The molecule has 28 heavy (non-hydrogen) atoms. The maximum absolute atomic E-state index is 12.9. The predicted molar refractivity (Wildman–Crippen MR) is 112 cm³/mol. The van der Waals surface area contributed by atoms with E-state index in [-0.39, 0.29) is 11.7 Å². The molecule has 1 aliphatic heterocycles. The van der Waals surface area contributed by atoms with Crippen molar-refractivity contribution in [2.45, 2.75) is 0 Å². The Kier molecular flexibility index (Phi) is 6.06. The van der Waals surface area contributed by atoms with Crippen LogP contribution in [0.15, 0.2) is 65.0 Å². The lowest BCUT2D eigenvalue weighted by molar-refractivity contribution is -0.121. The number of hydrogen-bond acceptors (Lipinski definition) is 6. The largest absolute Gasteiger partial charge is 0.508 e. The first kappa shape index (κ1) is 19.6. The number of benzene rings is 2. The van der Waals surface area contributed by atoms with Crippen LogP contribution in [-0.4, -0.2) is 41.8 Å². The standard InChI is InChI=1S/C21H20N2O4S/c1-4-10-23-20(25)19(12-14-11-17(26-2)8-9-18(14)27-3)28-21(23)22-15-6-5-7-16(24)13-15/h4-9,11-13,24H,1,10H2,2-3H3/b19-12-,22-21?. The van der Waals surface area contributed by atoms with E-state index in [0.29, 0.717) is 33.8 Å². The fourth-order valence-electron chi connectivity index (χ4n) is 2.65. The van der Waals surface area contributed by atoms with Gasteiger partial charge in [0, 0.05) is 18.2 Å². The molecule has 0 spiro atoms. The van der Waals surface area contributed by atoms with E-state index < -0.39 is 0 Å². The average Bonchev–Trinajstić information content (AvgIpc) is 2.97. The van der Waals surface area contributed by atoms with Crippen molar-refractivity contribution < 1.29 is 19.4 Å². The minimum Gasteiger partial charge on any atom is -0.508 e. The number of carbonyl (C=O) groups is 1. The topological polar surface area (TPSA) is 71.4 Å². The van der Waals surface area contributed by atoms with Gasteiger partial charge in [0.1, 0.15) is 17.2 Å². The van der Waals surface area contributed by atoms with Gasteiger partial charge >= 0.3 is 0 Å². The molecule has 6 nitrogen and oxygen atoms in total.